The summed E-state index contributed by atoms with van der Waals surface area (Å²) < 4.78 is 5.92. The molecule has 3 heterocycles. The van der Waals surface area contributed by atoms with Gasteiger partial charge in [-0.3, -0.25) is 5.10 Å². The van der Waals surface area contributed by atoms with Crippen LogP contribution in [0.4, 0.5) is 5.82 Å². The van der Waals surface area contributed by atoms with Crippen LogP contribution in [-0.2, 0) is 0 Å². The van der Waals surface area contributed by atoms with E-state index in [0.29, 0.717) is 28.5 Å². The molecule has 0 aliphatic rings. The van der Waals surface area contributed by atoms with Gasteiger partial charge in [-0.25, -0.2) is 14.8 Å². The Kier molecular flexibility index (Phi) is 5.38. The third kappa shape index (κ3) is 3.75. The van der Waals surface area contributed by atoms with E-state index in [1.165, 1.54) is 11.9 Å². The Bertz CT molecular complexity index is 1490. The molecule has 0 saturated heterocycles. The Hall–Kier alpha value is -4.00. The minimum absolute atomic E-state index is 0.334. The zero-order valence-corrected chi connectivity index (χ0v) is 18.8. The summed E-state index contributed by atoms with van der Waals surface area (Å²) in [5.74, 6) is 1.67. The van der Waals surface area contributed by atoms with Gasteiger partial charge in [-0.15, -0.1) is 0 Å². The summed E-state index contributed by atoms with van der Waals surface area (Å²) in [4.78, 5) is 21.4. The molecular formula is C26H25N5O2. The molecule has 0 saturated carbocycles. The van der Waals surface area contributed by atoms with Crippen molar-refractivity contribution >= 4 is 27.6 Å². The molecule has 2 N–H and O–H groups in total. The van der Waals surface area contributed by atoms with Gasteiger partial charge in [0.25, 0.3) is 0 Å². The second-order valence-corrected chi connectivity index (χ2v) is 8.33. The first-order valence-corrected chi connectivity index (χ1v) is 11.1. The van der Waals surface area contributed by atoms with Crippen molar-refractivity contribution in [3.05, 3.63) is 82.8 Å². The highest BCUT2D eigenvalue weighted by Crippen LogP contribution is 2.36. The Labute approximate surface area is 190 Å². The average molecular weight is 440 g/mol. The van der Waals surface area contributed by atoms with Gasteiger partial charge in [0.1, 0.15) is 17.9 Å². The number of hydrogen-bond acceptors (Lipinski definition) is 6. The van der Waals surface area contributed by atoms with Crippen LogP contribution in [0, 0.1) is 0 Å². The number of rotatable bonds is 6. The van der Waals surface area contributed by atoms with E-state index in [9.17, 15) is 4.79 Å². The quantitative estimate of drug-likeness (QED) is 0.346. The summed E-state index contributed by atoms with van der Waals surface area (Å²) in [5, 5.41) is 12.5. The van der Waals surface area contributed by atoms with Gasteiger partial charge < -0.3 is 9.73 Å². The van der Waals surface area contributed by atoms with E-state index in [1.54, 1.807) is 12.3 Å². The van der Waals surface area contributed by atoms with Crippen molar-refractivity contribution in [2.45, 2.75) is 39.2 Å². The van der Waals surface area contributed by atoms with Gasteiger partial charge in [0.2, 0.25) is 0 Å². The minimum atomic E-state index is -0.356. The zero-order valence-electron chi connectivity index (χ0n) is 18.8. The van der Waals surface area contributed by atoms with Crippen LogP contribution >= 0.6 is 0 Å². The molecule has 0 radical (unpaired) electrons. The van der Waals surface area contributed by atoms with Crippen LogP contribution in [0.25, 0.3) is 32.9 Å². The highest BCUT2D eigenvalue weighted by Gasteiger charge is 2.21. The first-order chi connectivity index (χ1) is 16.1. The fourth-order valence-corrected chi connectivity index (χ4v) is 4.18. The molecule has 2 aromatic carbocycles. The molecule has 166 valence electrons. The van der Waals surface area contributed by atoms with E-state index in [1.807, 2.05) is 25.1 Å². The predicted octanol–water partition coefficient (Wildman–Crippen LogP) is 5.81. The molecule has 33 heavy (non-hydrogen) atoms. The van der Waals surface area contributed by atoms with Crippen LogP contribution in [0.5, 0.6) is 0 Å². The Morgan fingerprint density at radius 2 is 1.76 bits per heavy atom. The molecule has 2 unspecified atom stereocenters. The van der Waals surface area contributed by atoms with Crippen LogP contribution in [0.2, 0.25) is 0 Å². The number of aromatic amines is 1. The molecule has 7 nitrogen and oxygen atoms in total. The zero-order chi connectivity index (χ0) is 22.9. The Morgan fingerprint density at radius 3 is 2.52 bits per heavy atom. The number of nitrogens with one attached hydrogen (secondary N) is 2. The summed E-state index contributed by atoms with van der Waals surface area (Å²) >= 11 is 0. The van der Waals surface area contributed by atoms with Crippen LogP contribution in [0.1, 0.15) is 50.5 Å². The van der Waals surface area contributed by atoms with Gasteiger partial charge >= 0.3 is 5.63 Å². The second-order valence-electron chi connectivity index (χ2n) is 8.33. The summed E-state index contributed by atoms with van der Waals surface area (Å²) in [6.45, 7) is 6.37. The Morgan fingerprint density at radius 1 is 1.00 bits per heavy atom. The minimum Gasteiger partial charge on any atom is -0.425 e. The van der Waals surface area contributed by atoms with Gasteiger partial charge in [0.05, 0.1) is 23.0 Å². The third-order valence-electron chi connectivity index (χ3n) is 6.24. The number of anilines is 1. The van der Waals surface area contributed by atoms with Crippen molar-refractivity contribution in [1.82, 2.24) is 20.2 Å². The van der Waals surface area contributed by atoms with Gasteiger partial charge in [-0.2, -0.15) is 5.10 Å². The lowest BCUT2D eigenvalue weighted by Gasteiger charge is -2.19. The molecule has 0 aliphatic carbocycles. The Balaban J connectivity index is 1.65. The van der Waals surface area contributed by atoms with Crippen molar-refractivity contribution in [1.29, 1.82) is 0 Å². The fraction of sp³-hybridized carbons (Fsp3) is 0.231. The molecule has 5 rings (SSSR count). The largest absolute Gasteiger partial charge is 0.425 e. The summed E-state index contributed by atoms with van der Waals surface area (Å²) in [6.07, 6.45) is 4.23. The van der Waals surface area contributed by atoms with Gasteiger partial charge in [0, 0.05) is 10.9 Å². The molecule has 0 fully saturated rings. The lowest BCUT2D eigenvalue weighted by atomic mass is 9.92. The summed E-state index contributed by atoms with van der Waals surface area (Å²) in [5.41, 5.74) is 3.48. The molecular weight excluding hydrogens is 414 g/mol. The maximum Gasteiger partial charge on any atom is 0.343 e. The van der Waals surface area contributed by atoms with Gasteiger partial charge in [-0.05, 0) is 36.5 Å². The molecule has 0 aliphatic heterocycles. The molecule has 2 atom stereocenters. The highest BCUT2D eigenvalue weighted by atomic mass is 16.4. The topological polar surface area (TPSA) is 96.7 Å². The van der Waals surface area contributed by atoms with Crippen molar-refractivity contribution in [2.24, 2.45) is 0 Å². The number of nitrogens with zero attached hydrogens (tertiary/aromatic N) is 3. The standard InChI is InChI=1S/C26H25N5O2/c1-4-15(2)17-9-11-18(12-10-17)22-19-7-5-6-8-20(19)26(32)33-23(22)16(3)30-24-21-13-29-31-25(21)28-14-27-24/h5-16H,4H2,1-3H3,(H2,27,28,29,30,31). The van der Waals surface area contributed by atoms with Crippen molar-refractivity contribution in [2.75, 3.05) is 5.32 Å². The monoisotopic (exact) mass is 439 g/mol. The van der Waals surface area contributed by atoms with E-state index in [2.05, 4.69) is 63.6 Å². The second kappa shape index (κ2) is 8.50. The van der Waals surface area contributed by atoms with E-state index in [-0.39, 0.29) is 11.7 Å². The SMILES string of the molecule is CCC(C)c1ccc(-c2c(C(C)Nc3ncnc4[nH]ncc34)oc(=O)c3ccccc23)cc1. The maximum atomic E-state index is 12.9. The molecule has 0 bridgehead atoms. The van der Waals surface area contributed by atoms with Crippen molar-refractivity contribution in [3.8, 4) is 11.1 Å². The normalized spacial score (nSPS) is 13.3. The van der Waals surface area contributed by atoms with Crippen LogP contribution in [-0.4, -0.2) is 20.2 Å². The number of fused-ring (bicyclic) bond motifs is 2. The van der Waals surface area contributed by atoms with Gasteiger partial charge in [0.15, 0.2) is 5.65 Å². The average Bonchev–Trinajstić information content (AvgIpc) is 3.34. The van der Waals surface area contributed by atoms with E-state index in [4.69, 9.17) is 4.42 Å². The van der Waals surface area contributed by atoms with E-state index < -0.39 is 0 Å². The van der Waals surface area contributed by atoms with Gasteiger partial charge in [-0.1, -0.05) is 56.3 Å². The maximum absolute atomic E-state index is 12.9. The lowest BCUT2D eigenvalue weighted by Crippen LogP contribution is -2.14. The molecule has 7 heteroatoms. The molecule has 3 aromatic heterocycles. The first-order valence-electron chi connectivity index (χ1n) is 11.1. The van der Waals surface area contributed by atoms with Crippen LogP contribution in [0.3, 0.4) is 0 Å². The molecule has 5 aromatic rings. The molecule has 0 amide bonds. The smallest absolute Gasteiger partial charge is 0.343 e. The number of H-pyrrole nitrogens is 1. The lowest BCUT2D eigenvalue weighted by molar-refractivity contribution is 0.452. The number of benzene rings is 2. The third-order valence-corrected chi connectivity index (χ3v) is 6.24. The predicted molar refractivity (Wildman–Crippen MR) is 130 cm³/mol. The van der Waals surface area contributed by atoms with Crippen molar-refractivity contribution in [3.63, 3.8) is 0 Å². The van der Waals surface area contributed by atoms with E-state index >= 15 is 0 Å². The molecule has 0 spiro atoms. The first kappa shape index (κ1) is 20.9. The van der Waals surface area contributed by atoms with Crippen LogP contribution in [0.15, 0.2) is 70.3 Å². The number of hydrogen-bond donors (Lipinski definition) is 2. The summed E-state index contributed by atoms with van der Waals surface area (Å²) in [7, 11) is 0. The fourth-order valence-electron chi connectivity index (χ4n) is 4.18. The van der Waals surface area contributed by atoms with Crippen molar-refractivity contribution < 1.29 is 4.42 Å². The van der Waals surface area contributed by atoms with Crippen LogP contribution < -0.4 is 10.9 Å². The van der Waals surface area contributed by atoms with E-state index in [0.717, 1.165) is 28.3 Å². The number of aromatic nitrogens is 4. The summed E-state index contributed by atoms with van der Waals surface area (Å²) in [6, 6.07) is 15.8. The highest BCUT2D eigenvalue weighted by molar-refractivity contribution is 5.97.